The molecule has 2 saturated heterocycles. The van der Waals surface area contributed by atoms with Crippen molar-refractivity contribution in [3.63, 3.8) is 0 Å². The Labute approximate surface area is 220 Å². The van der Waals surface area contributed by atoms with Crippen molar-refractivity contribution in [2.45, 2.75) is 33.1 Å². The summed E-state index contributed by atoms with van der Waals surface area (Å²) in [5.41, 5.74) is 2.92. The van der Waals surface area contributed by atoms with Crippen molar-refractivity contribution in [1.82, 2.24) is 30.2 Å². The molecular formula is C29H40N6O2. The van der Waals surface area contributed by atoms with E-state index >= 15 is 0 Å². The molecule has 0 radical (unpaired) electrons. The fourth-order valence-electron chi connectivity index (χ4n) is 4.57. The first-order chi connectivity index (χ1) is 18.0. The van der Waals surface area contributed by atoms with Gasteiger partial charge in [0.15, 0.2) is 0 Å². The second-order valence-corrected chi connectivity index (χ2v) is 9.21. The molecule has 1 aromatic rings. The van der Waals surface area contributed by atoms with Gasteiger partial charge in [-0.15, -0.1) is 0 Å². The van der Waals surface area contributed by atoms with E-state index in [4.69, 9.17) is 0 Å². The lowest BCUT2D eigenvalue weighted by molar-refractivity contribution is -0.139. The maximum Gasteiger partial charge on any atom is 0.236 e. The van der Waals surface area contributed by atoms with Crippen LogP contribution >= 0.6 is 0 Å². The molecule has 8 nitrogen and oxygen atoms in total. The number of H-pyrrole nitrogens is 1. The van der Waals surface area contributed by atoms with Crippen LogP contribution in [0.3, 0.4) is 0 Å². The highest BCUT2D eigenvalue weighted by Gasteiger charge is 2.24. The highest BCUT2D eigenvalue weighted by molar-refractivity contribution is 5.79. The van der Waals surface area contributed by atoms with E-state index in [0.717, 1.165) is 47.0 Å². The van der Waals surface area contributed by atoms with Gasteiger partial charge in [0.25, 0.3) is 0 Å². The Morgan fingerprint density at radius 3 is 2.41 bits per heavy atom. The highest BCUT2D eigenvalue weighted by Crippen LogP contribution is 2.10. The number of aromatic amines is 1. The maximum absolute atomic E-state index is 12.0. The van der Waals surface area contributed by atoms with Gasteiger partial charge < -0.3 is 15.1 Å². The topological polar surface area (TPSA) is 84.6 Å². The lowest BCUT2D eigenvalue weighted by Gasteiger charge is -2.35. The van der Waals surface area contributed by atoms with Crippen LogP contribution in [0.2, 0.25) is 0 Å². The van der Waals surface area contributed by atoms with E-state index in [-0.39, 0.29) is 11.8 Å². The number of carbonyl (C=O) groups is 2. The molecule has 0 atom stereocenters. The highest BCUT2D eigenvalue weighted by atomic mass is 16.2. The molecule has 37 heavy (non-hydrogen) atoms. The molecule has 0 spiro atoms. The van der Waals surface area contributed by atoms with Gasteiger partial charge in [-0.05, 0) is 51.6 Å². The number of carbonyl (C=O) groups excluding carboxylic acids is 2. The van der Waals surface area contributed by atoms with Crippen LogP contribution in [0.4, 0.5) is 0 Å². The molecule has 3 aliphatic rings. The fourth-order valence-corrected chi connectivity index (χ4v) is 4.57. The van der Waals surface area contributed by atoms with Crippen molar-refractivity contribution < 1.29 is 9.59 Å². The van der Waals surface area contributed by atoms with E-state index in [1.165, 1.54) is 12.8 Å². The number of piperazine rings is 1. The molecule has 8 heteroatoms. The molecule has 0 saturated carbocycles. The molecule has 2 N–H and O–H groups in total. The number of nitrogens with one attached hydrogen (secondary N) is 2. The number of rotatable bonds is 7. The van der Waals surface area contributed by atoms with Crippen molar-refractivity contribution in [3.8, 4) is 0 Å². The van der Waals surface area contributed by atoms with Gasteiger partial charge in [-0.25, -0.2) is 0 Å². The predicted molar refractivity (Wildman–Crippen MR) is 150 cm³/mol. The van der Waals surface area contributed by atoms with Crippen molar-refractivity contribution in [1.29, 1.82) is 0 Å². The first kappa shape index (κ1) is 27.9. The molecular weight excluding hydrogens is 464 g/mol. The zero-order valence-electron chi connectivity index (χ0n) is 22.2. The third kappa shape index (κ3) is 7.92. The van der Waals surface area contributed by atoms with Crippen molar-refractivity contribution >= 4 is 29.5 Å². The lowest BCUT2D eigenvalue weighted by Crippen LogP contribution is -2.52. The van der Waals surface area contributed by atoms with Gasteiger partial charge in [-0.2, -0.15) is 5.10 Å². The molecule has 198 valence electrons. The molecule has 1 aromatic heterocycles. The van der Waals surface area contributed by atoms with E-state index in [0.29, 0.717) is 32.7 Å². The molecule has 1 aliphatic carbocycles. The molecule has 3 heterocycles. The summed E-state index contributed by atoms with van der Waals surface area (Å²) in [6, 6.07) is 0. The number of hydrogen-bond donors (Lipinski definition) is 2. The van der Waals surface area contributed by atoms with Gasteiger partial charge >= 0.3 is 0 Å². The van der Waals surface area contributed by atoms with Gasteiger partial charge in [0.2, 0.25) is 11.8 Å². The van der Waals surface area contributed by atoms with E-state index in [2.05, 4.69) is 51.8 Å². The zero-order valence-corrected chi connectivity index (χ0v) is 22.2. The van der Waals surface area contributed by atoms with Gasteiger partial charge in [-0.1, -0.05) is 49.6 Å². The summed E-state index contributed by atoms with van der Waals surface area (Å²) < 4.78 is 0. The van der Waals surface area contributed by atoms with Crippen molar-refractivity contribution in [2.75, 3.05) is 45.8 Å². The van der Waals surface area contributed by atoms with Crippen molar-refractivity contribution in [2.24, 2.45) is 0 Å². The number of allylic oxidation sites excluding steroid dienone is 7. The number of hydrogen-bond acceptors (Lipinski definition) is 5. The van der Waals surface area contributed by atoms with Crippen LogP contribution in [0.5, 0.6) is 0 Å². The summed E-state index contributed by atoms with van der Waals surface area (Å²) >= 11 is 0. The van der Waals surface area contributed by atoms with E-state index in [9.17, 15) is 9.59 Å². The third-order valence-corrected chi connectivity index (χ3v) is 6.66. The van der Waals surface area contributed by atoms with Crippen LogP contribution in [0.1, 0.15) is 38.8 Å². The SMILES string of the molecule is C=CNC1=CCC=c2[nH]nc(/C(C=C)=C/C=C\C)c2=C1.CC(=O)N1CCN(C(=O)CN2CCCC2)CC1. The standard InChI is InChI=1S/C17H19N3.C12H21N3O2/c1-4-7-9-13(5-2)17-15-12-14(18-6-3)10-8-11-16(15)19-20-17;1-11(16)14-6-8-15(9-7-14)12(17)10-13-4-2-3-5-13/h4-7,9-12,18-19H,2-3,8H2,1H3;2-10H2,1H3/b7-4-,13-9+;. The minimum atomic E-state index is 0.108. The minimum absolute atomic E-state index is 0.108. The normalized spacial score (nSPS) is 18.0. The minimum Gasteiger partial charge on any atom is -0.363 e. The second kappa shape index (κ2) is 14.2. The molecule has 2 fully saturated rings. The molecule has 0 bridgehead atoms. The van der Waals surface area contributed by atoms with Crippen LogP contribution in [-0.4, -0.2) is 82.5 Å². The van der Waals surface area contributed by atoms with Gasteiger partial charge in [0.1, 0.15) is 0 Å². The Balaban J connectivity index is 0.000000208. The molecule has 2 amide bonds. The number of amides is 2. The largest absolute Gasteiger partial charge is 0.363 e. The summed E-state index contributed by atoms with van der Waals surface area (Å²) in [5.74, 6) is 0.326. The van der Waals surface area contributed by atoms with Gasteiger partial charge in [-0.3, -0.25) is 19.6 Å². The Morgan fingerprint density at radius 1 is 1.08 bits per heavy atom. The third-order valence-electron chi connectivity index (χ3n) is 6.66. The zero-order chi connectivity index (χ0) is 26.6. The molecule has 4 rings (SSSR count). The first-order valence-electron chi connectivity index (χ1n) is 13.0. The number of fused-ring (bicyclic) bond motifs is 1. The predicted octanol–water partition coefficient (Wildman–Crippen LogP) is 1.91. The lowest BCUT2D eigenvalue weighted by atomic mass is 10.1. The summed E-state index contributed by atoms with van der Waals surface area (Å²) in [4.78, 5) is 29.1. The van der Waals surface area contributed by atoms with Crippen LogP contribution < -0.4 is 15.9 Å². The van der Waals surface area contributed by atoms with Gasteiger partial charge in [0.05, 0.1) is 17.6 Å². The average Bonchev–Trinajstić information content (AvgIpc) is 3.51. The number of aromatic nitrogens is 2. The maximum atomic E-state index is 12.0. The number of likely N-dealkylation sites (tertiary alicyclic amines) is 1. The Bertz CT molecular complexity index is 1180. The summed E-state index contributed by atoms with van der Waals surface area (Å²) in [6.45, 7) is 16.5. The van der Waals surface area contributed by atoms with Crippen LogP contribution in [0, 0.1) is 0 Å². The number of nitrogens with zero attached hydrogens (tertiary/aromatic N) is 4. The second-order valence-electron chi connectivity index (χ2n) is 9.21. The van der Waals surface area contributed by atoms with Gasteiger partial charge in [0, 0.05) is 49.6 Å². The van der Waals surface area contributed by atoms with E-state index in [1.807, 2.05) is 36.1 Å². The molecule has 0 aromatic carbocycles. The van der Waals surface area contributed by atoms with Crippen LogP contribution in [-0.2, 0) is 9.59 Å². The fraction of sp³-hybridized carbons (Fsp3) is 0.414. The monoisotopic (exact) mass is 504 g/mol. The average molecular weight is 505 g/mol. The molecule has 2 aliphatic heterocycles. The van der Waals surface area contributed by atoms with Crippen LogP contribution in [0.15, 0.2) is 55.4 Å². The van der Waals surface area contributed by atoms with E-state index < -0.39 is 0 Å². The van der Waals surface area contributed by atoms with Crippen LogP contribution in [0.25, 0.3) is 17.7 Å². The smallest absolute Gasteiger partial charge is 0.236 e. The summed E-state index contributed by atoms with van der Waals surface area (Å²) in [6.07, 6.45) is 19.1. The summed E-state index contributed by atoms with van der Waals surface area (Å²) in [7, 11) is 0. The Morgan fingerprint density at radius 2 is 1.78 bits per heavy atom. The Kier molecular flexibility index (Phi) is 10.7. The Hall–Kier alpha value is -3.65. The quantitative estimate of drug-likeness (QED) is 0.555. The van der Waals surface area contributed by atoms with Crippen molar-refractivity contribution in [3.05, 3.63) is 71.7 Å². The molecule has 0 unspecified atom stereocenters. The van der Waals surface area contributed by atoms with E-state index in [1.54, 1.807) is 18.0 Å². The summed E-state index contributed by atoms with van der Waals surface area (Å²) in [5, 5.41) is 12.7. The first-order valence-corrected chi connectivity index (χ1v) is 13.0.